The average Bonchev–Trinajstić information content (AvgIpc) is 2.88. The maximum absolute atomic E-state index is 12.6. The Balaban J connectivity index is 1.79. The van der Waals surface area contributed by atoms with Crippen LogP contribution in [0.3, 0.4) is 0 Å². The van der Waals surface area contributed by atoms with Crippen molar-refractivity contribution >= 4 is 29.4 Å². The molecule has 0 aliphatic carbocycles. The lowest BCUT2D eigenvalue weighted by Crippen LogP contribution is -2.24. The van der Waals surface area contributed by atoms with Gasteiger partial charge < -0.3 is 5.73 Å². The van der Waals surface area contributed by atoms with Crippen LogP contribution < -0.4 is 16.6 Å². The Morgan fingerprint density at radius 1 is 1.00 bits per heavy atom. The molecule has 1 aromatic carbocycles. The fraction of sp³-hybridized carbons (Fsp3) is 0.105. The molecule has 0 unspecified atom stereocenters. The molecule has 1 aliphatic rings. The predicted molar refractivity (Wildman–Crippen MR) is 104 cm³/mol. The molecule has 8 nitrogen and oxygen atoms in total. The van der Waals surface area contributed by atoms with E-state index in [-0.39, 0.29) is 16.9 Å². The van der Waals surface area contributed by atoms with E-state index in [1.54, 1.807) is 18.2 Å². The number of imide groups is 1. The Morgan fingerprint density at radius 2 is 1.71 bits per heavy atom. The Morgan fingerprint density at radius 3 is 2.43 bits per heavy atom. The molecule has 0 saturated carbocycles. The molecule has 0 saturated heterocycles. The highest BCUT2D eigenvalue weighted by atomic mass is 32.2. The van der Waals surface area contributed by atoms with Crippen LogP contribution in [0.2, 0.25) is 0 Å². The number of nitrogens with zero attached hydrogens (tertiary/aromatic N) is 3. The van der Waals surface area contributed by atoms with Gasteiger partial charge in [-0.05, 0) is 49.9 Å². The number of rotatable bonds is 3. The van der Waals surface area contributed by atoms with E-state index in [1.165, 1.54) is 16.3 Å². The fourth-order valence-electron chi connectivity index (χ4n) is 3.08. The molecule has 0 atom stereocenters. The van der Waals surface area contributed by atoms with Gasteiger partial charge in [-0.15, -0.1) is 0 Å². The van der Waals surface area contributed by atoms with Gasteiger partial charge >= 0.3 is 0 Å². The van der Waals surface area contributed by atoms with Gasteiger partial charge in [-0.25, -0.2) is 9.97 Å². The Kier molecular flexibility index (Phi) is 4.23. The van der Waals surface area contributed by atoms with Crippen LogP contribution >= 0.6 is 11.8 Å². The largest absolute Gasteiger partial charge is 0.384 e. The number of carbonyl (C=O) groups excluding carboxylic acids is 2. The standard InChI is InChI=1S/C19H15N5O3S/c1-9-6-10(2)22-19(21-9)28-12-5-3-4-11(7-12)24-14(25)8-13-15(16(24)20)18(27)23-17(13)26/h3-8H,20H2,1-2H3,(H,23,26,27). The van der Waals surface area contributed by atoms with Gasteiger partial charge in [0.1, 0.15) is 5.82 Å². The monoisotopic (exact) mass is 393 g/mol. The summed E-state index contributed by atoms with van der Waals surface area (Å²) in [4.78, 5) is 46.0. The van der Waals surface area contributed by atoms with Crippen molar-refractivity contribution in [2.75, 3.05) is 5.73 Å². The summed E-state index contributed by atoms with van der Waals surface area (Å²) in [5.41, 5.74) is 7.80. The molecule has 9 heteroatoms. The summed E-state index contributed by atoms with van der Waals surface area (Å²) >= 11 is 1.35. The number of aryl methyl sites for hydroxylation is 2. The van der Waals surface area contributed by atoms with Crippen LogP contribution in [0.4, 0.5) is 5.82 Å². The van der Waals surface area contributed by atoms with Crippen LogP contribution in [0.25, 0.3) is 5.69 Å². The second-order valence-electron chi connectivity index (χ2n) is 6.31. The van der Waals surface area contributed by atoms with E-state index in [9.17, 15) is 14.4 Å². The van der Waals surface area contributed by atoms with Crippen molar-refractivity contribution in [2.45, 2.75) is 23.9 Å². The van der Waals surface area contributed by atoms with Gasteiger partial charge in [-0.2, -0.15) is 0 Å². The van der Waals surface area contributed by atoms with Gasteiger partial charge in [0.2, 0.25) is 0 Å². The zero-order chi connectivity index (χ0) is 20.0. The maximum Gasteiger partial charge on any atom is 0.262 e. The Bertz CT molecular complexity index is 1200. The van der Waals surface area contributed by atoms with Gasteiger partial charge in [-0.3, -0.25) is 24.3 Å². The molecule has 0 spiro atoms. The Hall–Kier alpha value is -3.46. The number of nitrogens with two attached hydrogens (primary N) is 1. The molecule has 3 aromatic rings. The molecule has 1 aliphatic heterocycles. The zero-order valence-electron chi connectivity index (χ0n) is 15.0. The number of aromatic nitrogens is 3. The van der Waals surface area contributed by atoms with Gasteiger partial charge in [-0.1, -0.05) is 6.07 Å². The summed E-state index contributed by atoms with van der Waals surface area (Å²) in [6, 6.07) is 10.1. The molecule has 28 heavy (non-hydrogen) atoms. The van der Waals surface area contributed by atoms with E-state index in [0.29, 0.717) is 10.8 Å². The smallest absolute Gasteiger partial charge is 0.262 e. The van der Waals surface area contributed by atoms with Crippen molar-refractivity contribution in [1.82, 2.24) is 19.9 Å². The van der Waals surface area contributed by atoms with Gasteiger partial charge in [0.15, 0.2) is 5.16 Å². The number of hydrogen-bond acceptors (Lipinski definition) is 7. The highest BCUT2D eigenvalue weighted by molar-refractivity contribution is 7.99. The number of nitrogen functional groups attached to an aromatic ring is 1. The number of benzene rings is 1. The van der Waals surface area contributed by atoms with E-state index in [0.717, 1.165) is 22.3 Å². The van der Waals surface area contributed by atoms with Crippen LogP contribution in [-0.2, 0) is 0 Å². The third-order valence-corrected chi connectivity index (χ3v) is 5.05. The molecule has 3 heterocycles. The van der Waals surface area contributed by atoms with Crippen molar-refractivity contribution in [1.29, 1.82) is 0 Å². The third-order valence-electron chi connectivity index (χ3n) is 4.20. The van der Waals surface area contributed by atoms with E-state index >= 15 is 0 Å². The molecule has 2 amide bonds. The normalized spacial score (nSPS) is 12.8. The average molecular weight is 393 g/mol. The summed E-state index contributed by atoms with van der Waals surface area (Å²) < 4.78 is 1.21. The van der Waals surface area contributed by atoms with Gasteiger partial charge in [0, 0.05) is 22.3 Å². The first-order valence-electron chi connectivity index (χ1n) is 8.35. The van der Waals surface area contributed by atoms with Crippen molar-refractivity contribution in [3.8, 4) is 5.69 Å². The summed E-state index contributed by atoms with van der Waals surface area (Å²) in [7, 11) is 0. The molecule has 140 valence electrons. The lowest BCUT2D eigenvalue weighted by atomic mass is 10.1. The minimum atomic E-state index is -0.618. The SMILES string of the molecule is Cc1cc(C)nc(Sc2cccc(-n3c(N)c4c(cc3=O)C(=O)NC4=O)c2)n1. The van der Waals surface area contributed by atoms with Crippen LogP contribution in [-0.4, -0.2) is 26.3 Å². The number of pyridine rings is 1. The van der Waals surface area contributed by atoms with Gasteiger partial charge in [0.25, 0.3) is 17.4 Å². The minimum Gasteiger partial charge on any atom is -0.384 e. The van der Waals surface area contributed by atoms with E-state index in [2.05, 4.69) is 15.3 Å². The number of nitrogens with one attached hydrogen (secondary N) is 1. The molecule has 3 N–H and O–H groups in total. The topological polar surface area (TPSA) is 120 Å². The van der Waals surface area contributed by atoms with Crippen molar-refractivity contribution in [3.05, 3.63) is 69.3 Å². The second-order valence-corrected chi connectivity index (χ2v) is 7.35. The summed E-state index contributed by atoms with van der Waals surface area (Å²) in [5, 5.41) is 2.74. The summed E-state index contributed by atoms with van der Waals surface area (Å²) in [5.74, 6) is -1.30. The van der Waals surface area contributed by atoms with Crippen LogP contribution in [0, 0.1) is 13.8 Å². The quantitative estimate of drug-likeness (QED) is 0.515. The highest BCUT2D eigenvalue weighted by Gasteiger charge is 2.31. The van der Waals surface area contributed by atoms with Crippen LogP contribution in [0.5, 0.6) is 0 Å². The molecular weight excluding hydrogens is 378 g/mol. The van der Waals surface area contributed by atoms with Crippen molar-refractivity contribution in [2.24, 2.45) is 0 Å². The third kappa shape index (κ3) is 3.05. The van der Waals surface area contributed by atoms with Crippen LogP contribution in [0.15, 0.2) is 51.2 Å². The van der Waals surface area contributed by atoms with E-state index in [1.807, 2.05) is 26.0 Å². The first-order valence-corrected chi connectivity index (χ1v) is 9.17. The second kappa shape index (κ2) is 6.61. The lowest BCUT2D eigenvalue weighted by Gasteiger charge is -2.12. The highest BCUT2D eigenvalue weighted by Crippen LogP contribution is 2.28. The number of fused-ring (bicyclic) bond motifs is 1. The number of anilines is 1. The first-order chi connectivity index (χ1) is 13.3. The van der Waals surface area contributed by atoms with Crippen LogP contribution in [0.1, 0.15) is 32.1 Å². The maximum atomic E-state index is 12.6. The lowest BCUT2D eigenvalue weighted by molar-refractivity contribution is 0.0880. The molecule has 4 rings (SSSR count). The predicted octanol–water partition coefficient (Wildman–Crippen LogP) is 1.86. The zero-order valence-corrected chi connectivity index (χ0v) is 15.8. The van der Waals surface area contributed by atoms with Crippen molar-refractivity contribution < 1.29 is 9.59 Å². The fourth-order valence-corrected chi connectivity index (χ4v) is 3.99. The molecule has 0 radical (unpaired) electrons. The van der Waals surface area contributed by atoms with E-state index in [4.69, 9.17) is 5.73 Å². The summed E-state index contributed by atoms with van der Waals surface area (Å²) in [6.07, 6.45) is 0. The molecular formula is C19H15N5O3S. The molecule has 0 bridgehead atoms. The number of amides is 2. The number of hydrogen-bond donors (Lipinski definition) is 2. The van der Waals surface area contributed by atoms with Gasteiger partial charge in [0.05, 0.1) is 16.8 Å². The van der Waals surface area contributed by atoms with Crippen molar-refractivity contribution in [3.63, 3.8) is 0 Å². The first kappa shape index (κ1) is 17.9. The molecule has 0 fully saturated rings. The van der Waals surface area contributed by atoms with E-state index < -0.39 is 17.4 Å². The summed E-state index contributed by atoms with van der Waals surface area (Å²) in [6.45, 7) is 3.79. The minimum absolute atomic E-state index is 0.00193. The number of carbonyl (C=O) groups is 2. The Labute approximate surface area is 163 Å². The molecule has 2 aromatic heterocycles.